The Labute approximate surface area is 114 Å². The zero-order valence-electron chi connectivity index (χ0n) is 11.7. The SMILES string of the molecule is CCC(CCO)NC(C)c1ccc2c(c1)OCCO2. The van der Waals surface area contributed by atoms with Crippen molar-refractivity contribution in [1.29, 1.82) is 0 Å². The molecular weight excluding hydrogens is 242 g/mol. The van der Waals surface area contributed by atoms with Gasteiger partial charge in [-0.3, -0.25) is 0 Å². The maximum atomic E-state index is 9.03. The highest BCUT2D eigenvalue weighted by atomic mass is 16.6. The molecule has 1 heterocycles. The number of hydrogen-bond donors (Lipinski definition) is 2. The highest BCUT2D eigenvalue weighted by Gasteiger charge is 2.16. The van der Waals surface area contributed by atoms with E-state index >= 15 is 0 Å². The summed E-state index contributed by atoms with van der Waals surface area (Å²) in [5.41, 5.74) is 1.18. The van der Waals surface area contributed by atoms with E-state index in [1.807, 2.05) is 12.1 Å². The van der Waals surface area contributed by atoms with Crippen molar-refractivity contribution in [3.8, 4) is 11.5 Å². The van der Waals surface area contributed by atoms with E-state index in [0.29, 0.717) is 19.3 Å². The molecule has 1 aromatic rings. The summed E-state index contributed by atoms with van der Waals surface area (Å²) in [6, 6.07) is 6.64. The molecule has 0 aliphatic carbocycles. The highest BCUT2D eigenvalue weighted by molar-refractivity contribution is 5.44. The molecule has 4 nitrogen and oxygen atoms in total. The first-order valence-electron chi connectivity index (χ1n) is 7.01. The number of rotatable bonds is 6. The summed E-state index contributed by atoms with van der Waals surface area (Å²) < 4.78 is 11.1. The predicted octanol–water partition coefficient (Wildman–Crippen LogP) is 2.27. The number of benzene rings is 1. The second-order valence-corrected chi connectivity index (χ2v) is 4.91. The van der Waals surface area contributed by atoms with Gasteiger partial charge in [-0.1, -0.05) is 13.0 Å². The van der Waals surface area contributed by atoms with Crippen molar-refractivity contribution >= 4 is 0 Å². The first-order valence-corrected chi connectivity index (χ1v) is 7.01. The van der Waals surface area contributed by atoms with Gasteiger partial charge in [-0.15, -0.1) is 0 Å². The lowest BCUT2D eigenvalue weighted by molar-refractivity contribution is 0.171. The Morgan fingerprint density at radius 3 is 2.68 bits per heavy atom. The normalized spacial score (nSPS) is 17.0. The van der Waals surface area contributed by atoms with Crippen molar-refractivity contribution in [2.45, 2.75) is 38.8 Å². The Bertz CT molecular complexity index is 408. The van der Waals surface area contributed by atoms with Gasteiger partial charge < -0.3 is 19.9 Å². The largest absolute Gasteiger partial charge is 0.486 e. The van der Waals surface area contributed by atoms with E-state index in [0.717, 1.165) is 24.3 Å². The zero-order chi connectivity index (χ0) is 13.7. The van der Waals surface area contributed by atoms with Crippen LogP contribution in [-0.4, -0.2) is 31.0 Å². The van der Waals surface area contributed by atoms with Crippen LogP contribution in [0.1, 0.15) is 38.3 Å². The fourth-order valence-electron chi connectivity index (χ4n) is 2.34. The van der Waals surface area contributed by atoms with Gasteiger partial charge >= 0.3 is 0 Å². The van der Waals surface area contributed by atoms with Crippen LogP contribution >= 0.6 is 0 Å². The molecule has 19 heavy (non-hydrogen) atoms. The van der Waals surface area contributed by atoms with E-state index in [2.05, 4.69) is 25.2 Å². The topological polar surface area (TPSA) is 50.7 Å². The van der Waals surface area contributed by atoms with E-state index < -0.39 is 0 Å². The molecule has 1 aromatic carbocycles. The average molecular weight is 265 g/mol. The molecule has 1 aliphatic rings. The molecule has 0 saturated heterocycles. The average Bonchev–Trinajstić information content (AvgIpc) is 2.46. The fraction of sp³-hybridized carbons (Fsp3) is 0.600. The third-order valence-electron chi connectivity index (χ3n) is 3.52. The second kappa shape index (κ2) is 6.78. The molecular formula is C15H23NO3. The van der Waals surface area contributed by atoms with Gasteiger partial charge in [0.25, 0.3) is 0 Å². The monoisotopic (exact) mass is 265 g/mol. The van der Waals surface area contributed by atoms with E-state index in [9.17, 15) is 0 Å². The number of aliphatic hydroxyl groups is 1. The molecule has 2 N–H and O–H groups in total. The summed E-state index contributed by atoms with van der Waals surface area (Å²) in [6.45, 7) is 5.71. The maximum absolute atomic E-state index is 9.03. The van der Waals surface area contributed by atoms with Crippen molar-refractivity contribution in [1.82, 2.24) is 5.32 Å². The van der Waals surface area contributed by atoms with Gasteiger partial charge in [0.15, 0.2) is 11.5 Å². The molecule has 0 spiro atoms. The van der Waals surface area contributed by atoms with Crippen LogP contribution in [0.2, 0.25) is 0 Å². The third-order valence-corrected chi connectivity index (χ3v) is 3.52. The molecule has 2 unspecified atom stereocenters. The molecule has 0 bridgehead atoms. The molecule has 0 radical (unpaired) electrons. The fourth-order valence-corrected chi connectivity index (χ4v) is 2.34. The minimum atomic E-state index is 0.222. The molecule has 0 saturated carbocycles. The van der Waals surface area contributed by atoms with Crippen molar-refractivity contribution in [3.05, 3.63) is 23.8 Å². The Morgan fingerprint density at radius 2 is 2.00 bits per heavy atom. The molecule has 106 valence electrons. The smallest absolute Gasteiger partial charge is 0.161 e. The lowest BCUT2D eigenvalue weighted by atomic mass is 10.0. The van der Waals surface area contributed by atoms with Gasteiger partial charge in [0, 0.05) is 18.7 Å². The van der Waals surface area contributed by atoms with Gasteiger partial charge in [0.1, 0.15) is 13.2 Å². The van der Waals surface area contributed by atoms with Crippen LogP contribution in [0.15, 0.2) is 18.2 Å². The number of fused-ring (bicyclic) bond motifs is 1. The summed E-state index contributed by atoms with van der Waals surface area (Å²) in [4.78, 5) is 0. The standard InChI is InChI=1S/C15H23NO3/c1-3-13(6-7-17)16-11(2)12-4-5-14-15(10-12)19-9-8-18-14/h4-5,10-11,13,16-17H,3,6-9H2,1-2H3. The maximum Gasteiger partial charge on any atom is 0.161 e. The molecule has 4 heteroatoms. The number of ether oxygens (including phenoxy) is 2. The summed E-state index contributed by atoms with van der Waals surface area (Å²) in [7, 11) is 0. The Hall–Kier alpha value is -1.26. The molecule has 0 amide bonds. The molecule has 2 atom stereocenters. The zero-order valence-corrected chi connectivity index (χ0v) is 11.7. The number of hydrogen-bond acceptors (Lipinski definition) is 4. The summed E-state index contributed by atoms with van der Waals surface area (Å²) in [5, 5.41) is 12.6. The van der Waals surface area contributed by atoms with Crippen molar-refractivity contribution < 1.29 is 14.6 Å². The molecule has 0 aromatic heterocycles. The first kappa shape index (κ1) is 14.2. The minimum absolute atomic E-state index is 0.222. The van der Waals surface area contributed by atoms with Crippen LogP contribution in [0, 0.1) is 0 Å². The highest BCUT2D eigenvalue weighted by Crippen LogP contribution is 2.32. The van der Waals surface area contributed by atoms with Gasteiger partial charge in [-0.2, -0.15) is 0 Å². The van der Waals surface area contributed by atoms with Crippen LogP contribution in [0.3, 0.4) is 0 Å². The van der Waals surface area contributed by atoms with E-state index in [-0.39, 0.29) is 12.6 Å². The van der Waals surface area contributed by atoms with Crippen LogP contribution < -0.4 is 14.8 Å². The van der Waals surface area contributed by atoms with E-state index in [4.69, 9.17) is 14.6 Å². The van der Waals surface area contributed by atoms with Gasteiger partial charge in [-0.05, 0) is 37.5 Å². The van der Waals surface area contributed by atoms with Gasteiger partial charge in [0.05, 0.1) is 0 Å². The first-order chi connectivity index (χ1) is 9.24. The summed E-state index contributed by atoms with van der Waals surface area (Å²) >= 11 is 0. The number of aliphatic hydroxyl groups excluding tert-OH is 1. The Kier molecular flexibility index (Phi) is 5.05. The summed E-state index contributed by atoms with van der Waals surface area (Å²) in [5.74, 6) is 1.65. The van der Waals surface area contributed by atoms with Gasteiger partial charge in [0.2, 0.25) is 0 Å². The molecule has 0 fully saturated rings. The Morgan fingerprint density at radius 1 is 1.26 bits per heavy atom. The lowest BCUT2D eigenvalue weighted by Crippen LogP contribution is -2.31. The van der Waals surface area contributed by atoms with Crippen LogP contribution in [-0.2, 0) is 0 Å². The van der Waals surface area contributed by atoms with E-state index in [1.54, 1.807) is 0 Å². The van der Waals surface area contributed by atoms with Gasteiger partial charge in [-0.25, -0.2) is 0 Å². The predicted molar refractivity (Wildman–Crippen MR) is 74.8 cm³/mol. The third kappa shape index (κ3) is 3.61. The van der Waals surface area contributed by atoms with Crippen molar-refractivity contribution in [2.75, 3.05) is 19.8 Å². The lowest BCUT2D eigenvalue weighted by Gasteiger charge is -2.24. The molecule has 1 aliphatic heterocycles. The van der Waals surface area contributed by atoms with Crippen LogP contribution in [0.25, 0.3) is 0 Å². The minimum Gasteiger partial charge on any atom is -0.486 e. The quantitative estimate of drug-likeness (QED) is 0.828. The number of nitrogens with one attached hydrogen (secondary N) is 1. The Balaban J connectivity index is 2.04. The van der Waals surface area contributed by atoms with Crippen LogP contribution in [0.4, 0.5) is 0 Å². The summed E-state index contributed by atoms with van der Waals surface area (Å²) in [6.07, 6.45) is 1.79. The van der Waals surface area contributed by atoms with E-state index in [1.165, 1.54) is 5.56 Å². The van der Waals surface area contributed by atoms with Crippen molar-refractivity contribution in [3.63, 3.8) is 0 Å². The van der Waals surface area contributed by atoms with Crippen molar-refractivity contribution in [2.24, 2.45) is 0 Å². The second-order valence-electron chi connectivity index (χ2n) is 4.91. The van der Waals surface area contributed by atoms with Crippen LogP contribution in [0.5, 0.6) is 11.5 Å². The molecule has 2 rings (SSSR count).